The third-order valence-corrected chi connectivity index (χ3v) is 3.25. The van der Waals surface area contributed by atoms with E-state index in [0.29, 0.717) is 24.6 Å². The number of benzene rings is 1. The maximum atomic E-state index is 12.0. The Hall–Kier alpha value is -1.81. The molecule has 0 aromatic heterocycles. The lowest BCUT2D eigenvalue weighted by molar-refractivity contribution is 0.0933. The van der Waals surface area contributed by atoms with Crippen molar-refractivity contribution in [1.82, 2.24) is 5.32 Å². The summed E-state index contributed by atoms with van der Waals surface area (Å²) in [7, 11) is 0. The van der Waals surface area contributed by atoms with Crippen molar-refractivity contribution >= 4 is 5.91 Å². The van der Waals surface area contributed by atoms with Crippen LogP contribution < -0.4 is 15.8 Å². The Morgan fingerprint density at radius 2 is 2.16 bits per heavy atom. The van der Waals surface area contributed by atoms with Crippen LogP contribution in [-0.4, -0.2) is 25.1 Å². The van der Waals surface area contributed by atoms with Crippen LogP contribution >= 0.6 is 0 Å². The summed E-state index contributed by atoms with van der Waals surface area (Å²) in [6, 6.07) is 7.19. The van der Waals surface area contributed by atoms with E-state index in [1.54, 1.807) is 30.3 Å². The predicted molar refractivity (Wildman–Crippen MR) is 75.2 cm³/mol. The lowest BCUT2D eigenvalue weighted by Crippen LogP contribution is -2.41. The van der Waals surface area contributed by atoms with Gasteiger partial charge in [0.05, 0.1) is 0 Å². The highest BCUT2D eigenvalue weighted by Crippen LogP contribution is 2.32. The molecular formula is C15H20N2O2. The molecule has 1 unspecified atom stereocenters. The molecule has 2 rings (SSSR count). The molecule has 1 aliphatic carbocycles. The molecule has 4 nitrogen and oxygen atoms in total. The average Bonchev–Trinajstić information content (AvgIpc) is 3.27. The highest BCUT2D eigenvalue weighted by Gasteiger charge is 2.31. The van der Waals surface area contributed by atoms with Gasteiger partial charge in [-0.05, 0) is 43.0 Å². The maximum absolute atomic E-state index is 12.0. The van der Waals surface area contributed by atoms with Gasteiger partial charge in [-0.15, -0.1) is 0 Å². The summed E-state index contributed by atoms with van der Waals surface area (Å²) < 4.78 is 5.37. The molecule has 4 heteroatoms. The highest BCUT2D eigenvalue weighted by molar-refractivity contribution is 5.94. The Balaban J connectivity index is 1.92. The van der Waals surface area contributed by atoms with Crippen molar-refractivity contribution in [2.45, 2.75) is 18.9 Å². The Kier molecular flexibility index (Phi) is 4.58. The van der Waals surface area contributed by atoms with Crippen LogP contribution in [0.3, 0.4) is 0 Å². The molecule has 3 N–H and O–H groups in total. The molecule has 19 heavy (non-hydrogen) atoms. The summed E-state index contributed by atoms with van der Waals surface area (Å²) in [6.07, 6.45) is 4.01. The van der Waals surface area contributed by atoms with E-state index in [2.05, 4.69) is 11.9 Å². The largest absolute Gasteiger partial charge is 0.490 e. The van der Waals surface area contributed by atoms with Crippen LogP contribution in [-0.2, 0) is 0 Å². The second-order valence-electron chi connectivity index (χ2n) is 4.78. The average molecular weight is 260 g/mol. The number of rotatable bonds is 7. The Morgan fingerprint density at radius 3 is 2.68 bits per heavy atom. The molecule has 1 amide bonds. The van der Waals surface area contributed by atoms with Crippen molar-refractivity contribution in [3.05, 3.63) is 42.5 Å². The lowest BCUT2D eigenvalue weighted by atomic mass is 10.1. The van der Waals surface area contributed by atoms with Gasteiger partial charge in [-0.1, -0.05) is 12.7 Å². The number of carbonyl (C=O) groups excluding carboxylic acids is 1. The number of nitrogens with one attached hydrogen (secondary N) is 1. The number of amides is 1. The van der Waals surface area contributed by atoms with Gasteiger partial charge in [-0.25, -0.2) is 0 Å². The first-order valence-electron chi connectivity index (χ1n) is 6.59. The van der Waals surface area contributed by atoms with Gasteiger partial charge in [-0.2, -0.15) is 0 Å². The first-order valence-corrected chi connectivity index (χ1v) is 6.59. The monoisotopic (exact) mass is 260 g/mol. The maximum Gasteiger partial charge on any atom is 0.251 e. The van der Waals surface area contributed by atoms with Crippen LogP contribution in [0, 0.1) is 5.92 Å². The molecule has 0 saturated heterocycles. The van der Waals surface area contributed by atoms with Crippen molar-refractivity contribution in [1.29, 1.82) is 0 Å². The van der Waals surface area contributed by atoms with E-state index >= 15 is 0 Å². The molecule has 0 bridgehead atoms. The summed E-state index contributed by atoms with van der Waals surface area (Å²) in [5.41, 5.74) is 6.30. The van der Waals surface area contributed by atoms with Crippen molar-refractivity contribution < 1.29 is 9.53 Å². The minimum Gasteiger partial charge on any atom is -0.490 e. The zero-order chi connectivity index (χ0) is 13.7. The molecule has 0 radical (unpaired) electrons. The summed E-state index contributed by atoms with van der Waals surface area (Å²) in [5.74, 6) is 1.22. The molecule has 1 fully saturated rings. The highest BCUT2D eigenvalue weighted by atomic mass is 16.5. The number of hydrogen-bond donors (Lipinski definition) is 2. The molecule has 0 spiro atoms. The van der Waals surface area contributed by atoms with Crippen LogP contribution in [0.4, 0.5) is 0 Å². The van der Waals surface area contributed by atoms with Gasteiger partial charge in [0.1, 0.15) is 12.4 Å². The van der Waals surface area contributed by atoms with Crippen molar-refractivity contribution in [2.24, 2.45) is 11.7 Å². The third kappa shape index (κ3) is 3.83. The van der Waals surface area contributed by atoms with E-state index in [1.165, 1.54) is 0 Å². The van der Waals surface area contributed by atoms with Crippen LogP contribution in [0.2, 0.25) is 0 Å². The van der Waals surface area contributed by atoms with Crippen LogP contribution in [0.5, 0.6) is 5.75 Å². The normalized spacial score (nSPS) is 15.6. The van der Waals surface area contributed by atoms with Gasteiger partial charge >= 0.3 is 0 Å². The van der Waals surface area contributed by atoms with E-state index < -0.39 is 0 Å². The topological polar surface area (TPSA) is 64.3 Å². The molecule has 102 valence electrons. The first kappa shape index (κ1) is 13.6. The van der Waals surface area contributed by atoms with Crippen molar-refractivity contribution in [3.63, 3.8) is 0 Å². The minimum absolute atomic E-state index is 0.0716. The SMILES string of the molecule is C=CCOc1ccc(C(=O)NC(CN)C2CC2)cc1. The molecule has 1 aliphatic rings. The second kappa shape index (κ2) is 6.38. The van der Waals surface area contributed by atoms with Gasteiger partial charge in [0.2, 0.25) is 0 Å². The fourth-order valence-electron chi connectivity index (χ4n) is 1.98. The Bertz CT molecular complexity index is 438. The van der Waals surface area contributed by atoms with Gasteiger partial charge in [-0.3, -0.25) is 4.79 Å². The zero-order valence-electron chi connectivity index (χ0n) is 11.0. The third-order valence-electron chi connectivity index (χ3n) is 3.25. The van der Waals surface area contributed by atoms with Gasteiger partial charge in [0.25, 0.3) is 5.91 Å². The Morgan fingerprint density at radius 1 is 1.47 bits per heavy atom. The molecular weight excluding hydrogens is 240 g/mol. The van der Waals surface area contributed by atoms with E-state index in [0.717, 1.165) is 18.6 Å². The number of nitrogens with two attached hydrogens (primary N) is 1. The van der Waals surface area contributed by atoms with Gasteiger partial charge in [0.15, 0.2) is 0 Å². The summed E-state index contributed by atoms with van der Waals surface area (Å²) in [5, 5.41) is 2.99. The van der Waals surface area contributed by atoms with E-state index in [1.807, 2.05) is 0 Å². The van der Waals surface area contributed by atoms with E-state index in [-0.39, 0.29) is 11.9 Å². The van der Waals surface area contributed by atoms with E-state index in [9.17, 15) is 4.79 Å². The molecule has 1 atom stereocenters. The van der Waals surface area contributed by atoms with Crippen LogP contribution in [0.25, 0.3) is 0 Å². The fourth-order valence-corrected chi connectivity index (χ4v) is 1.98. The minimum atomic E-state index is -0.0716. The quantitative estimate of drug-likeness (QED) is 0.734. The standard InChI is InChI=1S/C15H20N2O2/c1-2-9-19-13-7-5-12(6-8-13)15(18)17-14(10-16)11-3-4-11/h2,5-8,11,14H,1,3-4,9-10,16H2,(H,17,18). The fraction of sp³-hybridized carbons (Fsp3) is 0.400. The van der Waals surface area contributed by atoms with Gasteiger partial charge in [0, 0.05) is 18.2 Å². The van der Waals surface area contributed by atoms with Crippen molar-refractivity contribution in [2.75, 3.05) is 13.2 Å². The molecule has 0 heterocycles. The van der Waals surface area contributed by atoms with E-state index in [4.69, 9.17) is 10.5 Å². The number of carbonyl (C=O) groups is 1. The predicted octanol–water partition coefficient (Wildman–Crippen LogP) is 1.72. The Labute approximate surface area is 113 Å². The number of ether oxygens (including phenoxy) is 1. The summed E-state index contributed by atoms with van der Waals surface area (Å²) >= 11 is 0. The molecule has 1 saturated carbocycles. The van der Waals surface area contributed by atoms with Gasteiger partial charge < -0.3 is 15.8 Å². The zero-order valence-corrected chi connectivity index (χ0v) is 11.0. The second-order valence-corrected chi connectivity index (χ2v) is 4.78. The number of hydrogen-bond acceptors (Lipinski definition) is 3. The summed E-state index contributed by atoms with van der Waals surface area (Å²) in [6.45, 7) is 4.54. The molecule has 0 aliphatic heterocycles. The molecule has 1 aromatic rings. The summed E-state index contributed by atoms with van der Waals surface area (Å²) in [4.78, 5) is 12.0. The molecule has 1 aromatic carbocycles. The van der Waals surface area contributed by atoms with Crippen LogP contribution in [0.1, 0.15) is 23.2 Å². The van der Waals surface area contributed by atoms with Crippen molar-refractivity contribution in [3.8, 4) is 5.75 Å². The lowest BCUT2D eigenvalue weighted by Gasteiger charge is -2.16. The van der Waals surface area contributed by atoms with Crippen LogP contribution in [0.15, 0.2) is 36.9 Å². The smallest absolute Gasteiger partial charge is 0.251 e. The first-order chi connectivity index (χ1) is 9.24.